The molecule has 0 saturated carbocycles. The second-order valence-electron chi connectivity index (χ2n) is 9.30. The van der Waals surface area contributed by atoms with E-state index in [0.717, 1.165) is 37.2 Å². The van der Waals surface area contributed by atoms with Gasteiger partial charge in [0.05, 0.1) is 5.69 Å². The van der Waals surface area contributed by atoms with Crippen molar-refractivity contribution in [1.82, 2.24) is 9.80 Å². The van der Waals surface area contributed by atoms with Gasteiger partial charge < -0.3 is 4.90 Å². The minimum Gasteiger partial charge on any atom is -0.369 e. The molecule has 2 heterocycles. The van der Waals surface area contributed by atoms with Crippen LogP contribution in [0.2, 0.25) is 0 Å². The van der Waals surface area contributed by atoms with Gasteiger partial charge in [-0.05, 0) is 49.8 Å². The largest absolute Gasteiger partial charge is 0.369 e. The Balaban J connectivity index is 1.56. The van der Waals surface area contributed by atoms with E-state index in [-0.39, 0.29) is 11.2 Å². The summed E-state index contributed by atoms with van der Waals surface area (Å²) in [6, 6.07) is 7.12. The van der Waals surface area contributed by atoms with E-state index in [1.807, 2.05) is 6.07 Å². The first-order valence-corrected chi connectivity index (χ1v) is 10.3. The van der Waals surface area contributed by atoms with Crippen LogP contribution < -0.4 is 4.90 Å². The van der Waals surface area contributed by atoms with Crippen molar-refractivity contribution < 1.29 is 4.39 Å². The molecule has 2 aliphatic heterocycles. The summed E-state index contributed by atoms with van der Waals surface area (Å²) in [4.78, 5) is 7.47. The van der Waals surface area contributed by atoms with Gasteiger partial charge in [0.25, 0.3) is 0 Å². The smallest absolute Gasteiger partial charge is 0.146 e. The van der Waals surface area contributed by atoms with Gasteiger partial charge in [0, 0.05) is 51.4 Å². The molecule has 2 fully saturated rings. The van der Waals surface area contributed by atoms with Gasteiger partial charge in [0.2, 0.25) is 0 Å². The number of benzene rings is 1. The van der Waals surface area contributed by atoms with Crippen molar-refractivity contribution in [2.24, 2.45) is 0 Å². The average molecular weight is 362 g/mol. The molecule has 1 aromatic rings. The van der Waals surface area contributed by atoms with Crippen molar-refractivity contribution in [3.05, 3.63) is 29.6 Å². The van der Waals surface area contributed by atoms with E-state index in [2.05, 4.69) is 55.4 Å². The number of hydrogen-bond acceptors (Lipinski definition) is 3. The zero-order chi connectivity index (χ0) is 18.9. The van der Waals surface area contributed by atoms with Gasteiger partial charge >= 0.3 is 0 Å². The Morgan fingerprint density at radius 1 is 0.962 bits per heavy atom. The molecule has 2 saturated heterocycles. The minimum absolute atomic E-state index is 0.00943. The normalized spacial score (nSPS) is 21.6. The second-order valence-corrected chi connectivity index (χ2v) is 9.30. The number of halogens is 1. The van der Waals surface area contributed by atoms with Crippen molar-refractivity contribution >= 4 is 5.69 Å². The predicted octanol–water partition coefficient (Wildman–Crippen LogP) is 4.12. The summed E-state index contributed by atoms with van der Waals surface area (Å²) in [5.74, 6) is -0.0681. The lowest BCUT2D eigenvalue weighted by molar-refractivity contribution is 0.0692. The van der Waals surface area contributed by atoms with E-state index < -0.39 is 0 Å². The van der Waals surface area contributed by atoms with Crippen LogP contribution in [-0.4, -0.2) is 61.2 Å². The molecule has 0 unspecified atom stereocenters. The van der Waals surface area contributed by atoms with Crippen molar-refractivity contribution in [2.45, 2.75) is 65.0 Å². The van der Waals surface area contributed by atoms with E-state index in [1.54, 1.807) is 6.07 Å². The molecule has 0 N–H and O–H groups in total. The number of piperidine rings is 1. The lowest BCUT2D eigenvalue weighted by Crippen LogP contribution is -2.54. The number of nitrogens with zero attached hydrogens (tertiary/aromatic N) is 3. The van der Waals surface area contributed by atoms with Crippen LogP contribution in [0.1, 0.15) is 53.0 Å². The molecule has 0 atom stereocenters. The molecule has 0 radical (unpaired) electrons. The highest BCUT2D eigenvalue weighted by molar-refractivity contribution is 5.50. The summed E-state index contributed by atoms with van der Waals surface area (Å²) < 4.78 is 14.7. The zero-order valence-electron chi connectivity index (χ0n) is 17.3. The third-order valence-electron chi connectivity index (χ3n) is 6.21. The molecule has 3 nitrogen and oxygen atoms in total. The van der Waals surface area contributed by atoms with E-state index in [1.165, 1.54) is 26.2 Å². The topological polar surface area (TPSA) is 9.72 Å². The number of rotatable bonds is 3. The first kappa shape index (κ1) is 19.6. The van der Waals surface area contributed by atoms with Crippen LogP contribution in [0, 0.1) is 5.82 Å². The third-order valence-corrected chi connectivity index (χ3v) is 6.21. The van der Waals surface area contributed by atoms with E-state index in [9.17, 15) is 4.39 Å². The van der Waals surface area contributed by atoms with Gasteiger partial charge in [-0.2, -0.15) is 0 Å². The van der Waals surface area contributed by atoms with Crippen LogP contribution in [0.15, 0.2) is 18.2 Å². The molecular weight excluding hydrogens is 325 g/mol. The molecule has 4 heteroatoms. The Morgan fingerprint density at radius 2 is 1.58 bits per heavy atom. The van der Waals surface area contributed by atoms with Gasteiger partial charge in [0.1, 0.15) is 5.82 Å². The number of anilines is 1. The fourth-order valence-corrected chi connectivity index (χ4v) is 4.32. The van der Waals surface area contributed by atoms with Gasteiger partial charge in [-0.25, -0.2) is 4.39 Å². The Hall–Kier alpha value is -1.13. The van der Waals surface area contributed by atoms with Crippen molar-refractivity contribution in [3.8, 4) is 0 Å². The summed E-state index contributed by atoms with van der Waals surface area (Å²) >= 11 is 0. The molecule has 26 heavy (non-hydrogen) atoms. The SMILES string of the molecule is CC(C)N1CCN(C2CCN(c3ccc(C(C)(C)C)cc3F)CC2)CC1. The molecule has 0 spiro atoms. The fourth-order valence-electron chi connectivity index (χ4n) is 4.32. The molecule has 2 aliphatic rings. The summed E-state index contributed by atoms with van der Waals surface area (Å²) in [6.45, 7) is 17.6. The summed E-state index contributed by atoms with van der Waals surface area (Å²) in [6.07, 6.45) is 2.28. The Kier molecular flexibility index (Phi) is 5.93. The second kappa shape index (κ2) is 7.85. The summed E-state index contributed by atoms with van der Waals surface area (Å²) in [5, 5.41) is 0. The van der Waals surface area contributed by atoms with Gasteiger partial charge in [-0.3, -0.25) is 9.80 Å². The molecular formula is C22H36FN3. The Labute approximate surface area is 159 Å². The number of hydrogen-bond donors (Lipinski definition) is 0. The summed E-state index contributed by atoms with van der Waals surface area (Å²) in [7, 11) is 0. The van der Waals surface area contributed by atoms with Crippen LogP contribution in [0.25, 0.3) is 0 Å². The van der Waals surface area contributed by atoms with Gasteiger partial charge in [-0.15, -0.1) is 0 Å². The van der Waals surface area contributed by atoms with Crippen LogP contribution in [-0.2, 0) is 5.41 Å². The molecule has 0 amide bonds. The van der Waals surface area contributed by atoms with E-state index in [4.69, 9.17) is 0 Å². The van der Waals surface area contributed by atoms with Crippen LogP contribution in [0.3, 0.4) is 0 Å². The highest BCUT2D eigenvalue weighted by Crippen LogP contribution is 2.30. The maximum atomic E-state index is 14.7. The lowest BCUT2D eigenvalue weighted by Gasteiger charge is -2.44. The molecule has 0 aliphatic carbocycles. The maximum Gasteiger partial charge on any atom is 0.146 e. The highest BCUT2D eigenvalue weighted by Gasteiger charge is 2.29. The molecule has 0 bridgehead atoms. The first-order valence-electron chi connectivity index (χ1n) is 10.3. The Morgan fingerprint density at radius 3 is 2.08 bits per heavy atom. The first-order chi connectivity index (χ1) is 12.3. The predicted molar refractivity (Wildman–Crippen MR) is 109 cm³/mol. The zero-order valence-corrected chi connectivity index (χ0v) is 17.3. The Bertz CT molecular complexity index is 592. The maximum absolute atomic E-state index is 14.7. The van der Waals surface area contributed by atoms with Crippen molar-refractivity contribution in [2.75, 3.05) is 44.2 Å². The standard InChI is InChI=1S/C22H36FN3/c1-17(2)24-12-14-25(15-13-24)19-8-10-26(11-9-19)21-7-6-18(16-20(21)23)22(3,4)5/h6-7,16-17,19H,8-15H2,1-5H3. The monoisotopic (exact) mass is 361 g/mol. The number of piperazine rings is 1. The van der Waals surface area contributed by atoms with E-state index in [0.29, 0.717) is 12.1 Å². The minimum atomic E-state index is -0.0681. The average Bonchev–Trinajstić information content (AvgIpc) is 2.61. The van der Waals surface area contributed by atoms with E-state index >= 15 is 0 Å². The third kappa shape index (κ3) is 4.40. The molecule has 146 valence electrons. The quantitative estimate of drug-likeness (QED) is 0.802. The van der Waals surface area contributed by atoms with Crippen LogP contribution >= 0.6 is 0 Å². The molecule has 3 rings (SSSR count). The summed E-state index contributed by atoms with van der Waals surface area (Å²) in [5.41, 5.74) is 1.84. The highest BCUT2D eigenvalue weighted by atomic mass is 19.1. The van der Waals surface area contributed by atoms with Crippen LogP contribution in [0.4, 0.5) is 10.1 Å². The van der Waals surface area contributed by atoms with Crippen molar-refractivity contribution in [1.29, 1.82) is 0 Å². The van der Waals surface area contributed by atoms with Crippen LogP contribution in [0.5, 0.6) is 0 Å². The van der Waals surface area contributed by atoms with Gasteiger partial charge in [-0.1, -0.05) is 26.8 Å². The van der Waals surface area contributed by atoms with Crippen molar-refractivity contribution in [3.63, 3.8) is 0 Å². The molecule has 0 aromatic heterocycles. The lowest BCUT2D eigenvalue weighted by atomic mass is 9.87. The molecule has 1 aromatic carbocycles. The fraction of sp³-hybridized carbons (Fsp3) is 0.727. The van der Waals surface area contributed by atoms with Gasteiger partial charge in [0.15, 0.2) is 0 Å².